The van der Waals surface area contributed by atoms with Gasteiger partial charge in [-0.15, -0.1) is 11.8 Å². The van der Waals surface area contributed by atoms with Gasteiger partial charge in [0.05, 0.1) is 20.0 Å². The molecular formula is C21H26BrNO3S. The van der Waals surface area contributed by atoms with Crippen molar-refractivity contribution in [3.63, 3.8) is 0 Å². The molecule has 0 aromatic heterocycles. The zero-order valence-electron chi connectivity index (χ0n) is 16.0. The van der Waals surface area contributed by atoms with Crippen LogP contribution in [-0.2, 0) is 17.0 Å². The first-order chi connectivity index (χ1) is 13.0. The molecule has 4 nitrogen and oxygen atoms in total. The first-order valence-corrected chi connectivity index (χ1v) is 10.8. The first-order valence-electron chi connectivity index (χ1n) is 8.85. The van der Waals surface area contributed by atoms with E-state index in [1.54, 1.807) is 26.0 Å². The Labute approximate surface area is 174 Å². The molecule has 0 aliphatic rings. The third-order valence-corrected chi connectivity index (χ3v) is 5.88. The second kappa shape index (κ2) is 11.2. The van der Waals surface area contributed by atoms with Crippen LogP contribution >= 0.6 is 27.7 Å². The summed E-state index contributed by atoms with van der Waals surface area (Å²) in [5.41, 5.74) is 2.37. The van der Waals surface area contributed by atoms with Crippen molar-refractivity contribution in [3.8, 4) is 11.5 Å². The summed E-state index contributed by atoms with van der Waals surface area (Å²) in [6.45, 7) is 2.05. The van der Waals surface area contributed by atoms with E-state index in [1.165, 1.54) is 5.56 Å². The molecule has 0 radical (unpaired) electrons. The molecule has 0 spiro atoms. The molecule has 2 aromatic rings. The van der Waals surface area contributed by atoms with Crippen molar-refractivity contribution in [2.45, 2.75) is 31.6 Å². The minimum absolute atomic E-state index is 0.0668. The molecule has 0 aliphatic heterocycles. The van der Waals surface area contributed by atoms with E-state index in [9.17, 15) is 4.79 Å². The van der Waals surface area contributed by atoms with Crippen LogP contribution in [0.5, 0.6) is 11.5 Å². The molecule has 0 fully saturated rings. The Bertz CT molecular complexity index is 740. The number of nitrogens with one attached hydrogen (secondary N) is 1. The quantitative estimate of drug-likeness (QED) is 0.561. The van der Waals surface area contributed by atoms with Gasteiger partial charge in [0, 0.05) is 16.3 Å². The zero-order chi connectivity index (χ0) is 19.6. The predicted molar refractivity (Wildman–Crippen MR) is 116 cm³/mol. The number of ether oxygens (including phenoxy) is 2. The molecule has 1 amide bonds. The van der Waals surface area contributed by atoms with Crippen molar-refractivity contribution >= 4 is 33.6 Å². The molecule has 0 heterocycles. The summed E-state index contributed by atoms with van der Waals surface area (Å²) < 4.78 is 11.6. The Kier molecular flexibility index (Phi) is 9.01. The van der Waals surface area contributed by atoms with Crippen molar-refractivity contribution in [1.29, 1.82) is 0 Å². The van der Waals surface area contributed by atoms with E-state index in [0.29, 0.717) is 23.0 Å². The topological polar surface area (TPSA) is 47.6 Å². The largest absolute Gasteiger partial charge is 0.493 e. The maximum absolute atomic E-state index is 12.2. The summed E-state index contributed by atoms with van der Waals surface area (Å²) in [5, 5.41) is 3.08. The lowest BCUT2D eigenvalue weighted by Gasteiger charge is -2.14. The van der Waals surface area contributed by atoms with Gasteiger partial charge in [0.25, 0.3) is 0 Å². The fraction of sp³-hybridized carbons (Fsp3) is 0.381. The van der Waals surface area contributed by atoms with E-state index in [0.717, 1.165) is 22.9 Å². The van der Waals surface area contributed by atoms with Crippen molar-refractivity contribution in [3.05, 3.63) is 58.1 Å². The maximum Gasteiger partial charge on any atom is 0.230 e. The van der Waals surface area contributed by atoms with Crippen LogP contribution in [0.4, 0.5) is 0 Å². The highest BCUT2D eigenvalue weighted by Gasteiger charge is 2.12. The number of hydrogen-bond acceptors (Lipinski definition) is 4. The van der Waals surface area contributed by atoms with Crippen molar-refractivity contribution in [2.24, 2.45) is 0 Å². The monoisotopic (exact) mass is 451 g/mol. The summed E-state index contributed by atoms with van der Waals surface area (Å²) in [5.74, 6) is 2.58. The molecule has 146 valence electrons. The maximum atomic E-state index is 12.2. The van der Waals surface area contributed by atoms with Crippen molar-refractivity contribution in [2.75, 3.05) is 20.0 Å². The fourth-order valence-electron chi connectivity index (χ4n) is 2.68. The molecule has 1 N–H and O–H groups in total. The summed E-state index contributed by atoms with van der Waals surface area (Å²) in [7, 11) is 3.23. The lowest BCUT2D eigenvalue weighted by Crippen LogP contribution is -2.34. The van der Waals surface area contributed by atoms with Gasteiger partial charge in [-0.3, -0.25) is 4.79 Å². The molecule has 0 unspecified atom stereocenters. The Balaban J connectivity index is 1.75. The normalized spacial score (nSPS) is 11.7. The minimum Gasteiger partial charge on any atom is -0.493 e. The van der Waals surface area contributed by atoms with E-state index in [2.05, 4.69) is 40.3 Å². The van der Waals surface area contributed by atoms with Gasteiger partial charge in [0.1, 0.15) is 0 Å². The minimum atomic E-state index is 0.0668. The smallest absolute Gasteiger partial charge is 0.230 e. The number of hydrogen-bond donors (Lipinski definition) is 1. The SMILES string of the molecule is COc1cc(Br)c(CSCC(=O)N[C@@H](C)CCc2ccccc2)cc1OC. The van der Waals surface area contributed by atoms with Gasteiger partial charge in [0.15, 0.2) is 11.5 Å². The Hall–Kier alpha value is -1.66. The van der Waals surface area contributed by atoms with Gasteiger partial charge >= 0.3 is 0 Å². The van der Waals surface area contributed by atoms with Gasteiger partial charge in [-0.2, -0.15) is 0 Å². The van der Waals surface area contributed by atoms with Crippen LogP contribution in [-0.4, -0.2) is 31.9 Å². The number of methoxy groups -OCH3 is 2. The number of benzene rings is 2. The second-order valence-corrected chi connectivity index (χ2v) is 8.12. The van der Waals surface area contributed by atoms with Gasteiger partial charge < -0.3 is 14.8 Å². The van der Waals surface area contributed by atoms with Gasteiger partial charge in [-0.05, 0) is 43.0 Å². The summed E-state index contributed by atoms with van der Waals surface area (Å²) in [6.07, 6.45) is 1.90. The summed E-state index contributed by atoms with van der Waals surface area (Å²) in [6, 6.07) is 14.3. The van der Waals surface area contributed by atoms with Gasteiger partial charge in [-0.1, -0.05) is 46.3 Å². The summed E-state index contributed by atoms with van der Waals surface area (Å²) >= 11 is 5.13. The lowest BCUT2D eigenvalue weighted by molar-refractivity contribution is -0.119. The second-order valence-electron chi connectivity index (χ2n) is 6.28. The molecule has 0 saturated carbocycles. The van der Waals surface area contributed by atoms with E-state index in [4.69, 9.17) is 9.47 Å². The lowest BCUT2D eigenvalue weighted by atomic mass is 10.1. The molecule has 2 rings (SSSR count). The van der Waals surface area contributed by atoms with E-state index in [-0.39, 0.29) is 11.9 Å². The van der Waals surface area contributed by atoms with Gasteiger partial charge in [-0.25, -0.2) is 0 Å². The number of amides is 1. The highest BCUT2D eigenvalue weighted by Crippen LogP contribution is 2.34. The number of thioether (sulfide) groups is 1. The first kappa shape index (κ1) is 21.6. The highest BCUT2D eigenvalue weighted by molar-refractivity contribution is 9.10. The summed E-state index contributed by atoms with van der Waals surface area (Å²) in [4.78, 5) is 12.2. The molecular weight excluding hydrogens is 426 g/mol. The van der Waals surface area contributed by atoms with Crippen LogP contribution < -0.4 is 14.8 Å². The van der Waals surface area contributed by atoms with Crippen molar-refractivity contribution < 1.29 is 14.3 Å². The molecule has 0 aliphatic carbocycles. The number of carbonyl (C=O) groups excluding carboxylic acids is 1. The third kappa shape index (κ3) is 7.11. The zero-order valence-corrected chi connectivity index (χ0v) is 18.4. The van der Waals surface area contributed by atoms with Crippen LogP contribution in [0.3, 0.4) is 0 Å². The van der Waals surface area contributed by atoms with E-state index >= 15 is 0 Å². The molecule has 1 atom stereocenters. The van der Waals surface area contributed by atoms with Crippen LogP contribution in [0, 0.1) is 0 Å². The Morgan fingerprint density at radius 1 is 1.15 bits per heavy atom. The average Bonchev–Trinajstić information content (AvgIpc) is 2.68. The predicted octanol–water partition coefficient (Wildman–Crippen LogP) is 4.84. The molecule has 27 heavy (non-hydrogen) atoms. The number of halogens is 1. The van der Waals surface area contributed by atoms with Gasteiger partial charge in [0.2, 0.25) is 5.91 Å². The van der Waals surface area contributed by atoms with Crippen LogP contribution in [0.1, 0.15) is 24.5 Å². The molecule has 0 bridgehead atoms. The van der Waals surface area contributed by atoms with Crippen molar-refractivity contribution in [1.82, 2.24) is 5.32 Å². The number of rotatable bonds is 10. The number of carbonyl (C=O) groups is 1. The molecule has 6 heteroatoms. The van der Waals surface area contributed by atoms with Crippen LogP contribution in [0.2, 0.25) is 0 Å². The van der Waals surface area contributed by atoms with E-state index < -0.39 is 0 Å². The molecule has 2 aromatic carbocycles. The third-order valence-electron chi connectivity index (χ3n) is 4.16. The van der Waals surface area contributed by atoms with Crippen LogP contribution in [0.15, 0.2) is 46.9 Å². The highest BCUT2D eigenvalue weighted by atomic mass is 79.9. The van der Waals surface area contributed by atoms with Crippen LogP contribution in [0.25, 0.3) is 0 Å². The fourth-order valence-corrected chi connectivity index (χ4v) is 4.15. The Morgan fingerprint density at radius 3 is 2.48 bits per heavy atom. The van der Waals surface area contributed by atoms with E-state index in [1.807, 2.05) is 30.3 Å². The Morgan fingerprint density at radius 2 is 1.81 bits per heavy atom. The number of aryl methyl sites for hydroxylation is 1. The average molecular weight is 452 g/mol. The standard InChI is InChI=1S/C21H26BrNO3S/c1-15(9-10-16-7-5-4-6-8-16)23-21(24)14-27-13-17-11-19(25-2)20(26-3)12-18(17)22/h4-8,11-12,15H,9-10,13-14H2,1-3H3,(H,23,24)/t15-/m0/s1. The molecule has 0 saturated heterocycles.